The molecule has 0 spiro atoms. The van der Waals surface area contributed by atoms with Crippen molar-refractivity contribution in [2.45, 2.75) is 6.42 Å². The lowest BCUT2D eigenvalue weighted by molar-refractivity contribution is 0.102. The summed E-state index contributed by atoms with van der Waals surface area (Å²) in [6.07, 6.45) is 0.731. The summed E-state index contributed by atoms with van der Waals surface area (Å²) in [5.74, 6) is 1.71. The third kappa shape index (κ3) is 4.45. The van der Waals surface area contributed by atoms with E-state index in [9.17, 15) is 4.79 Å². The Kier molecular flexibility index (Phi) is 5.15. The summed E-state index contributed by atoms with van der Waals surface area (Å²) in [4.78, 5) is 12.4. The molecule has 0 unspecified atom stereocenters. The third-order valence-electron chi connectivity index (χ3n) is 4.21. The van der Waals surface area contributed by atoms with Crippen LogP contribution in [0.15, 0.2) is 91.0 Å². The summed E-state index contributed by atoms with van der Waals surface area (Å²) < 4.78 is 5.74. The van der Waals surface area contributed by atoms with Gasteiger partial charge in [-0.3, -0.25) is 9.89 Å². The molecule has 0 atom stereocenters. The van der Waals surface area contributed by atoms with Crippen LogP contribution < -0.4 is 10.1 Å². The van der Waals surface area contributed by atoms with Gasteiger partial charge in [0.2, 0.25) is 0 Å². The number of nitrogens with one attached hydrogen (secondary N) is 2. The maximum Gasteiger partial charge on any atom is 0.256 e. The van der Waals surface area contributed by atoms with Gasteiger partial charge in [-0.05, 0) is 42.0 Å². The third-order valence-corrected chi connectivity index (χ3v) is 4.21. The molecule has 0 fully saturated rings. The number of aromatic amines is 1. The van der Waals surface area contributed by atoms with Gasteiger partial charge < -0.3 is 10.1 Å². The first-order valence-electron chi connectivity index (χ1n) is 8.99. The Labute approximate surface area is 163 Å². The van der Waals surface area contributed by atoms with Crippen LogP contribution in [0.5, 0.6) is 11.5 Å². The molecule has 5 nitrogen and oxygen atoms in total. The molecule has 2 N–H and O–H groups in total. The number of anilines is 1. The molecule has 3 aromatic carbocycles. The number of amides is 1. The lowest BCUT2D eigenvalue weighted by atomic mass is 10.1. The topological polar surface area (TPSA) is 67.0 Å². The average Bonchev–Trinajstić information content (AvgIpc) is 3.17. The number of rotatable bonds is 6. The van der Waals surface area contributed by atoms with Crippen molar-refractivity contribution in [1.82, 2.24) is 10.2 Å². The standard InChI is InChI=1S/C23H19N3O2/c27-23(18-11-13-21(14-12-18)28-20-9-5-2-6-10-20)24-22-16-19(25-26-22)15-17-7-3-1-4-8-17/h1-14,16H,15H2,(H2,24,25,26,27). The Morgan fingerprint density at radius 2 is 1.50 bits per heavy atom. The minimum absolute atomic E-state index is 0.218. The summed E-state index contributed by atoms with van der Waals surface area (Å²) in [6.45, 7) is 0. The van der Waals surface area contributed by atoms with E-state index in [0.29, 0.717) is 17.1 Å². The van der Waals surface area contributed by atoms with Gasteiger partial charge in [0.25, 0.3) is 5.91 Å². The molecular formula is C23H19N3O2. The van der Waals surface area contributed by atoms with Gasteiger partial charge in [-0.15, -0.1) is 0 Å². The molecule has 4 rings (SSSR count). The molecule has 1 aromatic heterocycles. The lowest BCUT2D eigenvalue weighted by Gasteiger charge is -2.06. The van der Waals surface area contributed by atoms with Crippen LogP contribution in [0.1, 0.15) is 21.6 Å². The summed E-state index contributed by atoms with van der Waals surface area (Å²) in [7, 11) is 0. The van der Waals surface area contributed by atoms with E-state index >= 15 is 0 Å². The molecule has 1 amide bonds. The first-order valence-corrected chi connectivity index (χ1v) is 8.99. The fourth-order valence-electron chi connectivity index (χ4n) is 2.82. The molecule has 0 aliphatic rings. The quantitative estimate of drug-likeness (QED) is 0.500. The van der Waals surface area contributed by atoms with Crippen molar-refractivity contribution in [2.75, 3.05) is 5.32 Å². The van der Waals surface area contributed by atoms with E-state index < -0.39 is 0 Å². The van der Waals surface area contributed by atoms with Crippen molar-refractivity contribution in [1.29, 1.82) is 0 Å². The number of carbonyl (C=O) groups excluding carboxylic acids is 1. The minimum Gasteiger partial charge on any atom is -0.457 e. The number of nitrogens with zero attached hydrogens (tertiary/aromatic N) is 1. The first-order chi connectivity index (χ1) is 13.8. The van der Waals surface area contributed by atoms with Crippen LogP contribution in [0.4, 0.5) is 5.82 Å². The predicted molar refractivity (Wildman–Crippen MR) is 109 cm³/mol. The largest absolute Gasteiger partial charge is 0.457 e. The number of carbonyl (C=O) groups is 1. The normalized spacial score (nSPS) is 10.4. The van der Waals surface area contributed by atoms with Crippen molar-refractivity contribution in [3.63, 3.8) is 0 Å². The second kappa shape index (κ2) is 8.22. The Morgan fingerprint density at radius 1 is 0.857 bits per heavy atom. The molecule has 0 saturated heterocycles. The molecule has 0 bridgehead atoms. The van der Waals surface area contributed by atoms with Crippen molar-refractivity contribution in [3.8, 4) is 11.5 Å². The highest BCUT2D eigenvalue weighted by molar-refractivity contribution is 6.03. The first kappa shape index (κ1) is 17.5. The van der Waals surface area contributed by atoms with E-state index in [-0.39, 0.29) is 5.91 Å². The number of hydrogen-bond acceptors (Lipinski definition) is 3. The van der Waals surface area contributed by atoms with Crippen LogP contribution in [0.2, 0.25) is 0 Å². The molecule has 0 saturated carbocycles. The molecule has 1 heterocycles. The number of aromatic nitrogens is 2. The molecule has 138 valence electrons. The monoisotopic (exact) mass is 369 g/mol. The zero-order valence-electron chi connectivity index (χ0n) is 15.1. The van der Waals surface area contributed by atoms with E-state index in [0.717, 1.165) is 17.9 Å². The maximum absolute atomic E-state index is 12.4. The molecule has 4 aromatic rings. The SMILES string of the molecule is O=C(Nc1cc(Cc2ccccc2)[nH]n1)c1ccc(Oc2ccccc2)cc1. The van der Waals surface area contributed by atoms with Gasteiger partial charge in [0.1, 0.15) is 11.5 Å². The zero-order chi connectivity index (χ0) is 19.2. The van der Waals surface area contributed by atoms with Gasteiger partial charge in [-0.2, -0.15) is 5.10 Å². The number of ether oxygens (including phenoxy) is 1. The van der Waals surface area contributed by atoms with Crippen LogP contribution in [-0.2, 0) is 6.42 Å². The van der Waals surface area contributed by atoms with Crippen molar-refractivity contribution in [3.05, 3.63) is 108 Å². The Bertz CT molecular complexity index is 1040. The average molecular weight is 369 g/mol. The summed E-state index contributed by atoms with van der Waals surface area (Å²) >= 11 is 0. The molecule has 0 radical (unpaired) electrons. The van der Waals surface area contributed by atoms with Gasteiger partial charge in [-0.25, -0.2) is 0 Å². The predicted octanol–water partition coefficient (Wildman–Crippen LogP) is 5.05. The summed E-state index contributed by atoms with van der Waals surface area (Å²) in [6, 6.07) is 28.4. The summed E-state index contributed by atoms with van der Waals surface area (Å²) in [5, 5.41) is 9.94. The highest BCUT2D eigenvalue weighted by Crippen LogP contribution is 2.21. The van der Waals surface area contributed by atoms with Gasteiger partial charge in [0.15, 0.2) is 5.82 Å². The van der Waals surface area contributed by atoms with Crippen LogP contribution in [0, 0.1) is 0 Å². The molecular weight excluding hydrogens is 350 g/mol. The van der Waals surface area contributed by atoms with E-state index in [2.05, 4.69) is 27.6 Å². The molecule has 0 aliphatic heterocycles. The van der Waals surface area contributed by atoms with E-state index in [1.54, 1.807) is 24.3 Å². The van der Waals surface area contributed by atoms with Crippen molar-refractivity contribution < 1.29 is 9.53 Å². The number of benzene rings is 3. The zero-order valence-corrected chi connectivity index (χ0v) is 15.1. The fourth-order valence-corrected chi connectivity index (χ4v) is 2.82. The summed E-state index contributed by atoms with van der Waals surface area (Å²) in [5.41, 5.74) is 2.65. The van der Waals surface area contributed by atoms with Crippen molar-refractivity contribution in [2.24, 2.45) is 0 Å². The number of para-hydroxylation sites is 1. The Hall–Kier alpha value is -3.86. The van der Waals surface area contributed by atoms with E-state index in [4.69, 9.17) is 4.74 Å². The van der Waals surface area contributed by atoms with Crippen LogP contribution in [-0.4, -0.2) is 16.1 Å². The van der Waals surface area contributed by atoms with Gasteiger partial charge in [-0.1, -0.05) is 48.5 Å². The van der Waals surface area contributed by atoms with Crippen LogP contribution >= 0.6 is 0 Å². The van der Waals surface area contributed by atoms with Gasteiger partial charge >= 0.3 is 0 Å². The smallest absolute Gasteiger partial charge is 0.256 e. The molecule has 5 heteroatoms. The number of hydrogen-bond donors (Lipinski definition) is 2. The van der Waals surface area contributed by atoms with E-state index in [1.807, 2.05) is 54.6 Å². The maximum atomic E-state index is 12.4. The highest BCUT2D eigenvalue weighted by atomic mass is 16.5. The lowest BCUT2D eigenvalue weighted by Crippen LogP contribution is -2.11. The number of H-pyrrole nitrogens is 1. The second-order valence-corrected chi connectivity index (χ2v) is 6.33. The van der Waals surface area contributed by atoms with Crippen molar-refractivity contribution >= 4 is 11.7 Å². The second-order valence-electron chi connectivity index (χ2n) is 6.33. The Balaban J connectivity index is 1.37. The minimum atomic E-state index is -0.218. The molecule has 28 heavy (non-hydrogen) atoms. The van der Waals surface area contributed by atoms with Gasteiger partial charge in [0, 0.05) is 23.7 Å². The van der Waals surface area contributed by atoms with Crippen LogP contribution in [0.3, 0.4) is 0 Å². The fraction of sp³-hybridized carbons (Fsp3) is 0.0435. The Morgan fingerprint density at radius 3 is 2.21 bits per heavy atom. The van der Waals surface area contributed by atoms with E-state index in [1.165, 1.54) is 5.56 Å². The molecule has 0 aliphatic carbocycles. The van der Waals surface area contributed by atoms with Crippen LogP contribution in [0.25, 0.3) is 0 Å². The highest BCUT2D eigenvalue weighted by Gasteiger charge is 2.09. The van der Waals surface area contributed by atoms with Gasteiger partial charge in [0.05, 0.1) is 0 Å².